The Bertz CT molecular complexity index is 563. The number of halogens is 1. The van der Waals surface area contributed by atoms with E-state index >= 15 is 0 Å². The summed E-state index contributed by atoms with van der Waals surface area (Å²) in [5, 5.41) is 11.8. The molecule has 1 amide bonds. The molecule has 2 rings (SSSR count). The monoisotopic (exact) mass is 276 g/mol. The standard InChI is InChI=1S/C15H17FN2O2/c1-10-3-6-12(16)13(7-10)20-8-14(19)18-15(2,9-17)11-4-5-11/h3,6-7,11H,4-5,8H2,1-2H3,(H,18,19)/t15-/m0/s1. The van der Waals surface area contributed by atoms with E-state index in [1.807, 2.05) is 6.92 Å². The van der Waals surface area contributed by atoms with Gasteiger partial charge >= 0.3 is 0 Å². The summed E-state index contributed by atoms with van der Waals surface area (Å²) in [5.41, 5.74) is -0.00681. The van der Waals surface area contributed by atoms with Crippen molar-refractivity contribution in [2.24, 2.45) is 5.92 Å². The van der Waals surface area contributed by atoms with Crippen LogP contribution in [0.25, 0.3) is 0 Å². The van der Waals surface area contributed by atoms with E-state index in [9.17, 15) is 9.18 Å². The maximum atomic E-state index is 13.5. The molecular weight excluding hydrogens is 259 g/mol. The molecule has 0 aliphatic heterocycles. The van der Waals surface area contributed by atoms with Crippen LogP contribution in [0, 0.1) is 30.0 Å². The van der Waals surface area contributed by atoms with Crippen LogP contribution >= 0.6 is 0 Å². The summed E-state index contributed by atoms with van der Waals surface area (Å²) < 4.78 is 18.6. The zero-order chi connectivity index (χ0) is 14.8. The second-order valence-electron chi connectivity index (χ2n) is 5.36. The van der Waals surface area contributed by atoms with Crippen LogP contribution in [0.15, 0.2) is 18.2 Å². The Morgan fingerprint density at radius 3 is 2.90 bits per heavy atom. The fourth-order valence-electron chi connectivity index (χ4n) is 2.07. The van der Waals surface area contributed by atoms with Crippen molar-refractivity contribution in [3.05, 3.63) is 29.6 Å². The van der Waals surface area contributed by atoms with Gasteiger partial charge in [-0.1, -0.05) is 6.07 Å². The second kappa shape index (κ2) is 5.49. The molecule has 1 aromatic rings. The van der Waals surface area contributed by atoms with Crippen LogP contribution in [0.4, 0.5) is 4.39 Å². The Morgan fingerprint density at radius 1 is 1.60 bits per heavy atom. The minimum atomic E-state index is -0.856. The van der Waals surface area contributed by atoms with E-state index in [2.05, 4.69) is 11.4 Å². The number of carbonyl (C=O) groups is 1. The number of rotatable bonds is 5. The third kappa shape index (κ3) is 3.27. The number of amides is 1. The van der Waals surface area contributed by atoms with Crippen LogP contribution in [0.3, 0.4) is 0 Å². The van der Waals surface area contributed by atoms with Gasteiger partial charge in [-0.25, -0.2) is 4.39 Å². The molecule has 1 fully saturated rings. The van der Waals surface area contributed by atoms with E-state index in [0.29, 0.717) is 0 Å². The summed E-state index contributed by atoms with van der Waals surface area (Å²) in [7, 11) is 0. The van der Waals surface area contributed by atoms with Crippen molar-refractivity contribution in [1.29, 1.82) is 5.26 Å². The highest BCUT2D eigenvalue weighted by molar-refractivity contribution is 5.79. The molecule has 0 unspecified atom stereocenters. The molecule has 4 nitrogen and oxygen atoms in total. The fraction of sp³-hybridized carbons (Fsp3) is 0.467. The molecule has 1 saturated carbocycles. The molecule has 1 N–H and O–H groups in total. The highest BCUT2D eigenvalue weighted by Crippen LogP contribution is 2.39. The number of nitriles is 1. The third-order valence-electron chi connectivity index (χ3n) is 3.47. The molecule has 0 heterocycles. The van der Waals surface area contributed by atoms with Crippen LogP contribution in [-0.2, 0) is 4.79 Å². The number of nitrogens with zero attached hydrogens (tertiary/aromatic N) is 1. The number of benzene rings is 1. The minimum absolute atomic E-state index is 0.0465. The molecule has 1 aliphatic rings. The van der Waals surface area contributed by atoms with Crippen LogP contribution in [-0.4, -0.2) is 18.1 Å². The Kier molecular flexibility index (Phi) is 3.93. The van der Waals surface area contributed by atoms with Gasteiger partial charge in [0.2, 0.25) is 0 Å². The number of ether oxygens (including phenoxy) is 1. The average Bonchev–Trinajstić information content (AvgIpc) is 3.24. The number of hydrogen-bond donors (Lipinski definition) is 1. The van der Waals surface area contributed by atoms with Crippen molar-refractivity contribution in [2.45, 2.75) is 32.2 Å². The van der Waals surface area contributed by atoms with E-state index in [4.69, 9.17) is 10.00 Å². The molecule has 1 aromatic carbocycles. The Balaban J connectivity index is 1.92. The van der Waals surface area contributed by atoms with Gasteiger partial charge in [0.15, 0.2) is 18.2 Å². The molecule has 20 heavy (non-hydrogen) atoms. The predicted molar refractivity (Wildman–Crippen MR) is 71.5 cm³/mol. The number of nitrogens with one attached hydrogen (secondary N) is 1. The SMILES string of the molecule is Cc1ccc(F)c(OCC(=O)N[C@@](C)(C#N)C2CC2)c1. The number of aryl methyl sites for hydroxylation is 1. The van der Waals surface area contributed by atoms with Crippen LogP contribution in [0.2, 0.25) is 0 Å². The van der Waals surface area contributed by atoms with Crippen LogP contribution in [0.1, 0.15) is 25.3 Å². The van der Waals surface area contributed by atoms with Crippen molar-refractivity contribution >= 4 is 5.91 Å². The first-order valence-electron chi connectivity index (χ1n) is 6.56. The highest BCUT2D eigenvalue weighted by Gasteiger charge is 2.43. The Hall–Kier alpha value is -2.09. The fourth-order valence-corrected chi connectivity index (χ4v) is 2.07. The zero-order valence-corrected chi connectivity index (χ0v) is 11.6. The lowest BCUT2D eigenvalue weighted by Crippen LogP contribution is -2.48. The summed E-state index contributed by atoms with van der Waals surface area (Å²) in [6.45, 7) is 3.21. The van der Waals surface area contributed by atoms with E-state index in [1.54, 1.807) is 13.0 Å². The molecule has 1 aliphatic carbocycles. The molecular formula is C15H17FN2O2. The van der Waals surface area contributed by atoms with E-state index in [0.717, 1.165) is 18.4 Å². The van der Waals surface area contributed by atoms with Crippen LogP contribution < -0.4 is 10.1 Å². The smallest absolute Gasteiger partial charge is 0.259 e. The van der Waals surface area contributed by atoms with Gasteiger partial charge in [-0.15, -0.1) is 0 Å². The molecule has 0 spiro atoms. The molecule has 0 radical (unpaired) electrons. The van der Waals surface area contributed by atoms with Gasteiger partial charge in [0.25, 0.3) is 5.91 Å². The first-order chi connectivity index (χ1) is 9.44. The summed E-state index contributed by atoms with van der Waals surface area (Å²) in [6.07, 6.45) is 1.88. The number of hydrogen-bond acceptors (Lipinski definition) is 3. The predicted octanol–water partition coefficient (Wildman–Crippen LogP) is 2.32. The lowest BCUT2D eigenvalue weighted by molar-refractivity contribution is -0.124. The summed E-state index contributed by atoms with van der Waals surface area (Å²) in [4.78, 5) is 11.8. The van der Waals surface area contributed by atoms with E-state index in [-0.39, 0.29) is 18.3 Å². The number of carbonyl (C=O) groups excluding carboxylic acids is 1. The maximum Gasteiger partial charge on any atom is 0.259 e. The van der Waals surface area contributed by atoms with Gasteiger partial charge in [-0.2, -0.15) is 5.26 Å². The maximum absolute atomic E-state index is 13.5. The first-order valence-corrected chi connectivity index (χ1v) is 6.56. The van der Waals surface area contributed by atoms with Crippen molar-refractivity contribution in [2.75, 3.05) is 6.61 Å². The van der Waals surface area contributed by atoms with E-state index in [1.165, 1.54) is 12.1 Å². The van der Waals surface area contributed by atoms with Gasteiger partial charge in [0.1, 0.15) is 5.54 Å². The van der Waals surface area contributed by atoms with Crippen molar-refractivity contribution < 1.29 is 13.9 Å². The largest absolute Gasteiger partial charge is 0.481 e. The quantitative estimate of drug-likeness (QED) is 0.897. The highest BCUT2D eigenvalue weighted by atomic mass is 19.1. The summed E-state index contributed by atoms with van der Waals surface area (Å²) in [5.74, 6) is -0.673. The average molecular weight is 276 g/mol. The molecule has 0 bridgehead atoms. The Labute approximate surface area is 117 Å². The third-order valence-corrected chi connectivity index (χ3v) is 3.47. The molecule has 106 valence electrons. The molecule has 1 atom stereocenters. The van der Waals surface area contributed by atoms with Crippen molar-refractivity contribution in [3.63, 3.8) is 0 Å². The summed E-state index contributed by atoms with van der Waals surface area (Å²) >= 11 is 0. The van der Waals surface area contributed by atoms with Crippen molar-refractivity contribution in [3.8, 4) is 11.8 Å². The Morgan fingerprint density at radius 2 is 2.30 bits per heavy atom. The van der Waals surface area contributed by atoms with Gasteiger partial charge < -0.3 is 10.1 Å². The lowest BCUT2D eigenvalue weighted by atomic mass is 9.98. The van der Waals surface area contributed by atoms with Crippen molar-refractivity contribution in [1.82, 2.24) is 5.32 Å². The molecule has 0 saturated heterocycles. The molecule has 0 aromatic heterocycles. The zero-order valence-electron chi connectivity index (χ0n) is 11.6. The van der Waals surface area contributed by atoms with Gasteiger partial charge in [-0.05, 0) is 50.3 Å². The summed E-state index contributed by atoms with van der Waals surface area (Å²) in [6, 6.07) is 6.59. The second-order valence-corrected chi connectivity index (χ2v) is 5.36. The molecule has 5 heteroatoms. The normalized spacial score (nSPS) is 16.9. The minimum Gasteiger partial charge on any atom is -0.481 e. The van der Waals surface area contributed by atoms with E-state index < -0.39 is 17.3 Å². The van der Waals surface area contributed by atoms with Gasteiger partial charge in [0, 0.05) is 0 Å². The van der Waals surface area contributed by atoms with Gasteiger partial charge in [0.05, 0.1) is 6.07 Å². The van der Waals surface area contributed by atoms with Crippen LogP contribution in [0.5, 0.6) is 5.75 Å². The lowest BCUT2D eigenvalue weighted by Gasteiger charge is -2.22. The van der Waals surface area contributed by atoms with Gasteiger partial charge in [-0.3, -0.25) is 4.79 Å². The first kappa shape index (κ1) is 14.3. The topological polar surface area (TPSA) is 62.1 Å².